The molecule has 1 saturated heterocycles. The Hall–Kier alpha value is -1.55. The molecule has 1 amide bonds. The summed E-state index contributed by atoms with van der Waals surface area (Å²) < 4.78 is 5.38. The van der Waals surface area contributed by atoms with E-state index in [1.54, 1.807) is 0 Å². The molecule has 4 heteroatoms. The third-order valence-electron chi connectivity index (χ3n) is 3.94. The Balaban J connectivity index is 1.83. The lowest BCUT2D eigenvalue weighted by atomic mass is 10.1. The second-order valence-corrected chi connectivity index (χ2v) is 5.06. The molecule has 0 unspecified atom stereocenters. The van der Waals surface area contributed by atoms with E-state index in [1.165, 1.54) is 11.3 Å². The molecular weight excluding hydrogens is 240 g/mol. The zero-order valence-corrected chi connectivity index (χ0v) is 11.4. The van der Waals surface area contributed by atoms with E-state index < -0.39 is 0 Å². The molecular formula is C15H20N2O2. The normalized spacial score (nSPS) is 18.6. The molecule has 1 aromatic rings. The summed E-state index contributed by atoms with van der Waals surface area (Å²) in [6, 6.07) is 6.47. The van der Waals surface area contributed by atoms with Crippen molar-refractivity contribution in [3.63, 3.8) is 0 Å². The van der Waals surface area contributed by atoms with Gasteiger partial charge in [-0.15, -0.1) is 0 Å². The maximum absolute atomic E-state index is 11.9. The Morgan fingerprint density at radius 2 is 2.05 bits per heavy atom. The number of benzene rings is 1. The molecule has 1 aromatic carbocycles. The van der Waals surface area contributed by atoms with Gasteiger partial charge in [-0.1, -0.05) is 6.92 Å². The van der Waals surface area contributed by atoms with Crippen LogP contribution in [-0.4, -0.2) is 38.8 Å². The SMILES string of the molecule is CCC(=O)N1CCc2cc(N3CCOCC3)ccc21. The first-order valence-corrected chi connectivity index (χ1v) is 7.05. The largest absolute Gasteiger partial charge is 0.378 e. The van der Waals surface area contributed by atoms with Gasteiger partial charge in [0.15, 0.2) is 0 Å². The van der Waals surface area contributed by atoms with Crippen molar-refractivity contribution in [2.75, 3.05) is 42.6 Å². The number of hydrogen-bond acceptors (Lipinski definition) is 3. The monoisotopic (exact) mass is 260 g/mol. The van der Waals surface area contributed by atoms with Crippen LogP contribution in [-0.2, 0) is 16.0 Å². The average molecular weight is 260 g/mol. The van der Waals surface area contributed by atoms with Gasteiger partial charge in [-0.3, -0.25) is 4.79 Å². The molecule has 2 aliphatic rings. The quantitative estimate of drug-likeness (QED) is 0.813. The number of anilines is 2. The highest BCUT2D eigenvalue weighted by atomic mass is 16.5. The average Bonchev–Trinajstić information content (AvgIpc) is 2.90. The van der Waals surface area contributed by atoms with Crippen molar-refractivity contribution in [3.05, 3.63) is 23.8 Å². The summed E-state index contributed by atoms with van der Waals surface area (Å²) >= 11 is 0. The fourth-order valence-corrected chi connectivity index (χ4v) is 2.86. The van der Waals surface area contributed by atoms with Gasteiger partial charge in [0.1, 0.15) is 0 Å². The lowest BCUT2D eigenvalue weighted by Crippen LogP contribution is -2.36. The number of rotatable bonds is 2. The van der Waals surface area contributed by atoms with Gasteiger partial charge in [-0.25, -0.2) is 0 Å². The number of fused-ring (bicyclic) bond motifs is 1. The minimum atomic E-state index is 0.220. The van der Waals surface area contributed by atoms with Gasteiger partial charge >= 0.3 is 0 Å². The predicted molar refractivity (Wildman–Crippen MR) is 75.8 cm³/mol. The van der Waals surface area contributed by atoms with E-state index in [2.05, 4.69) is 23.1 Å². The van der Waals surface area contributed by atoms with Crippen molar-refractivity contribution in [2.45, 2.75) is 19.8 Å². The molecule has 0 saturated carbocycles. The van der Waals surface area contributed by atoms with Crippen LogP contribution in [0.25, 0.3) is 0 Å². The van der Waals surface area contributed by atoms with Crippen LogP contribution >= 0.6 is 0 Å². The van der Waals surface area contributed by atoms with Crippen LogP contribution in [0.2, 0.25) is 0 Å². The van der Waals surface area contributed by atoms with Crippen LogP contribution in [0.5, 0.6) is 0 Å². The Kier molecular flexibility index (Phi) is 3.42. The van der Waals surface area contributed by atoms with Gasteiger partial charge in [0, 0.05) is 37.4 Å². The number of amides is 1. The van der Waals surface area contributed by atoms with Gasteiger partial charge in [0.2, 0.25) is 5.91 Å². The summed E-state index contributed by atoms with van der Waals surface area (Å²) in [5.74, 6) is 0.220. The number of nitrogens with zero attached hydrogens (tertiary/aromatic N) is 2. The number of ether oxygens (including phenoxy) is 1. The first-order chi connectivity index (χ1) is 9.29. The minimum absolute atomic E-state index is 0.220. The van der Waals surface area contributed by atoms with Crippen molar-refractivity contribution in [3.8, 4) is 0 Å². The maximum atomic E-state index is 11.9. The summed E-state index contributed by atoms with van der Waals surface area (Å²) in [6.45, 7) is 6.26. The molecule has 0 aliphatic carbocycles. The molecule has 0 atom stereocenters. The molecule has 102 valence electrons. The van der Waals surface area contributed by atoms with E-state index in [-0.39, 0.29) is 5.91 Å². The lowest BCUT2D eigenvalue weighted by Gasteiger charge is -2.29. The highest BCUT2D eigenvalue weighted by Crippen LogP contribution is 2.32. The van der Waals surface area contributed by atoms with Crippen molar-refractivity contribution in [2.24, 2.45) is 0 Å². The van der Waals surface area contributed by atoms with Gasteiger partial charge in [0.25, 0.3) is 0 Å². The smallest absolute Gasteiger partial charge is 0.226 e. The van der Waals surface area contributed by atoms with Gasteiger partial charge in [-0.05, 0) is 30.2 Å². The van der Waals surface area contributed by atoms with Gasteiger partial charge in [0.05, 0.1) is 13.2 Å². The summed E-state index contributed by atoms with van der Waals surface area (Å²) in [7, 11) is 0. The topological polar surface area (TPSA) is 32.8 Å². The molecule has 2 aliphatic heterocycles. The zero-order valence-electron chi connectivity index (χ0n) is 11.4. The van der Waals surface area contributed by atoms with Crippen molar-refractivity contribution >= 4 is 17.3 Å². The van der Waals surface area contributed by atoms with E-state index in [9.17, 15) is 4.79 Å². The summed E-state index contributed by atoms with van der Waals surface area (Å²) in [5.41, 5.74) is 3.66. The molecule has 4 nitrogen and oxygen atoms in total. The van der Waals surface area contributed by atoms with Crippen LogP contribution in [0.3, 0.4) is 0 Å². The van der Waals surface area contributed by atoms with E-state index >= 15 is 0 Å². The van der Waals surface area contributed by atoms with E-state index in [0.717, 1.165) is 45.0 Å². The van der Waals surface area contributed by atoms with Crippen molar-refractivity contribution in [1.82, 2.24) is 0 Å². The molecule has 1 fully saturated rings. The second kappa shape index (κ2) is 5.21. The second-order valence-electron chi connectivity index (χ2n) is 5.06. The highest BCUT2D eigenvalue weighted by Gasteiger charge is 2.24. The van der Waals surface area contributed by atoms with Crippen molar-refractivity contribution in [1.29, 1.82) is 0 Å². The fraction of sp³-hybridized carbons (Fsp3) is 0.533. The number of hydrogen-bond donors (Lipinski definition) is 0. The third-order valence-corrected chi connectivity index (χ3v) is 3.94. The summed E-state index contributed by atoms with van der Waals surface area (Å²) in [6.07, 6.45) is 1.55. The van der Waals surface area contributed by atoms with Crippen LogP contribution in [0.1, 0.15) is 18.9 Å². The van der Waals surface area contributed by atoms with Gasteiger partial charge < -0.3 is 14.5 Å². The Morgan fingerprint density at radius 1 is 1.26 bits per heavy atom. The number of carbonyl (C=O) groups excluding carboxylic acids is 1. The highest BCUT2D eigenvalue weighted by molar-refractivity contribution is 5.95. The molecule has 0 aromatic heterocycles. The minimum Gasteiger partial charge on any atom is -0.378 e. The van der Waals surface area contributed by atoms with Crippen molar-refractivity contribution < 1.29 is 9.53 Å². The van der Waals surface area contributed by atoms with Gasteiger partial charge in [-0.2, -0.15) is 0 Å². The van der Waals surface area contributed by atoms with Crippen LogP contribution < -0.4 is 9.80 Å². The van der Waals surface area contributed by atoms with E-state index in [4.69, 9.17) is 4.74 Å². The van der Waals surface area contributed by atoms with Crippen LogP contribution in [0, 0.1) is 0 Å². The first kappa shape index (κ1) is 12.5. The molecule has 2 heterocycles. The standard InChI is InChI=1S/C15H20N2O2/c1-2-15(18)17-6-5-12-11-13(3-4-14(12)17)16-7-9-19-10-8-16/h3-4,11H,2,5-10H2,1H3. The van der Waals surface area contributed by atoms with Crippen LogP contribution in [0.15, 0.2) is 18.2 Å². The number of carbonyl (C=O) groups is 1. The molecule has 0 N–H and O–H groups in total. The Morgan fingerprint density at radius 3 is 2.79 bits per heavy atom. The molecule has 0 radical (unpaired) electrons. The molecule has 0 spiro atoms. The molecule has 0 bridgehead atoms. The molecule has 19 heavy (non-hydrogen) atoms. The maximum Gasteiger partial charge on any atom is 0.226 e. The third kappa shape index (κ3) is 2.32. The predicted octanol–water partition coefficient (Wildman–Crippen LogP) is 1.82. The Labute approximate surface area is 113 Å². The summed E-state index contributed by atoms with van der Waals surface area (Å²) in [5, 5.41) is 0. The molecule has 3 rings (SSSR count). The zero-order chi connectivity index (χ0) is 13.2. The fourth-order valence-electron chi connectivity index (χ4n) is 2.86. The Bertz CT molecular complexity index is 481. The van der Waals surface area contributed by atoms with E-state index in [0.29, 0.717) is 6.42 Å². The summed E-state index contributed by atoms with van der Waals surface area (Å²) in [4.78, 5) is 16.1. The van der Waals surface area contributed by atoms with E-state index in [1.807, 2.05) is 11.8 Å². The first-order valence-electron chi connectivity index (χ1n) is 7.05. The lowest BCUT2D eigenvalue weighted by molar-refractivity contribution is -0.118. The van der Waals surface area contributed by atoms with Crippen LogP contribution in [0.4, 0.5) is 11.4 Å². The number of morpholine rings is 1.